The van der Waals surface area contributed by atoms with Crippen LogP contribution in [-0.4, -0.2) is 40.5 Å². The number of thioether (sulfide) groups is 1. The molecule has 0 bridgehead atoms. The average molecular weight is 410 g/mol. The van der Waals surface area contributed by atoms with Crippen LogP contribution in [-0.2, 0) is 4.79 Å². The molecule has 148 valence electrons. The van der Waals surface area contributed by atoms with Crippen LogP contribution in [0.15, 0.2) is 54.2 Å². The Labute approximate surface area is 171 Å². The van der Waals surface area contributed by atoms with Crippen LogP contribution in [0.2, 0.25) is 0 Å². The van der Waals surface area contributed by atoms with Gasteiger partial charge in [0.15, 0.2) is 6.23 Å². The molecule has 2 heterocycles. The summed E-state index contributed by atoms with van der Waals surface area (Å²) >= 11 is 0.647. The number of nitrogens with one attached hydrogen (secondary N) is 1. The van der Waals surface area contributed by atoms with E-state index in [0.717, 1.165) is 5.56 Å². The van der Waals surface area contributed by atoms with Gasteiger partial charge in [0.25, 0.3) is 11.1 Å². The summed E-state index contributed by atoms with van der Waals surface area (Å²) in [5.41, 5.74) is 1.59. The second-order valence-corrected chi connectivity index (χ2v) is 7.44. The van der Waals surface area contributed by atoms with Crippen LogP contribution in [0, 0.1) is 0 Å². The standard InChI is InChI=1S/C21H18N2O5S/c1-13-23(19(24)16-4-2-3-5-18(16)28-13)10-11-27-15-8-6-14(7-9-15)12-17-20(25)29-21(26)22-17/h2-9,12-13H,10-11H2,1H3,(H,22,26). The fraction of sp³-hybridized carbons (Fsp3) is 0.190. The monoisotopic (exact) mass is 410 g/mol. The molecule has 1 saturated heterocycles. The van der Waals surface area contributed by atoms with Gasteiger partial charge in [-0.25, -0.2) is 0 Å². The maximum absolute atomic E-state index is 12.7. The first-order valence-electron chi connectivity index (χ1n) is 9.05. The average Bonchev–Trinajstić information content (AvgIpc) is 3.02. The third-order valence-electron chi connectivity index (χ3n) is 4.55. The third-order valence-corrected chi connectivity index (χ3v) is 5.24. The Morgan fingerprint density at radius 3 is 2.62 bits per heavy atom. The van der Waals surface area contributed by atoms with E-state index in [1.807, 2.05) is 19.1 Å². The molecule has 1 atom stereocenters. The second-order valence-electron chi connectivity index (χ2n) is 6.49. The van der Waals surface area contributed by atoms with Crippen molar-refractivity contribution in [3.05, 3.63) is 65.4 Å². The molecule has 1 unspecified atom stereocenters. The number of para-hydroxylation sites is 1. The summed E-state index contributed by atoms with van der Waals surface area (Å²) in [6.07, 6.45) is 1.25. The molecule has 29 heavy (non-hydrogen) atoms. The van der Waals surface area contributed by atoms with E-state index in [1.54, 1.807) is 47.4 Å². The molecular weight excluding hydrogens is 392 g/mol. The molecule has 0 aliphatic carbocycles. The first-order valence-corrected chi connectivity index (χ1v) is 9.87. The fourth-order valence-electron chi connectivity index (χ4n) is 3.11. The largest absolute Gasteiger partial charge is 0.492 e. The van der Waals surface area contributed by atoms with Crippen LogP contribution >= 0.6 is 11.8 Å². The Hall–Kier alpha value is -3.26. The number of fused-ring (bicyclic) bond motifs is 1. The minimum absolute atomic E-state index is 0.0777. The van der Waals surface area contributed by atoms with E-state index in [1.165, 1.54) is 0 Å². The van der Waals surface area contributed by atoms with E-state index < -0.39 is 0 Å². The van der Waals surface area contributed by atoms with Crippen molar-refractivity contribution in [2.45, 2.75) is 13.2 Å². The summed E-state index contributed by atoms with van der Waals surface area (Å²) in [4.78, 5) is 37.1. The first kappa shape index (κ1) is 19.1. The topological polar surface area (TPSA) is 84.9 Å². The molecule has 2 aliphatic heterocycles. The third kappa shape index (κ3) is 4.12. The number of hydrogen-bond acceptors (Lipinski definition) is 6. The second kappa shape index (κ2) is 8.00. The predicted molar refractivity (Wildman–Crippen MR) is 109 cm³/mol. The van der Waals surface area contributed by atoms with Gasteiger partial charge in [0.2, 0.25) is 5.12 Å². The summed E-state index contributed by atoms with van der Waals surface area (Å²) in [7, 11) is 0. The minimum atomic E-state index is -0.368. The Morgan fingerprint density at radius 1 is 1.14 bits per heavy atom. The van der Waals surface area contributed by atoms with Gasteiger partial charge < -0.3 is 14.8 Å². The molecule has 7 nitrogen and oxygen atoms in total. The number of carbonyl (C=O) groups excluding carboxylic acids is 3. The summed E-state index contributed by atoms with van der Waals surface area (Å²) in [5, 5.41) is 1.85. The fourth-order valence-corrected chi connectivity index (χ4v) is 3.66. The zero-order valence-electron chi connectivity index (χ0n) is 15.6. The molecule has 0 aromatic heterocycles. The lowest BCUT2D eigenvalue weighted by molar-refractivity contribution is -0.107. The number of carbonyl (C=O) groups is 3. The number of hydrogen-bond donors (Lipinski definition) is 1. The molecule has 0 spiro atoms. The van der Waals surface area contributed by atoms with Crippen LogP contribution in [0.5, 0.6) is 11.5 Å². The predicted octanol–water partition coefficient (Wildman–Crippen LogP) is 3.27. The maximum atomic E-state index is 12.7. The van der Waals surface area contributed by atoms with Crippen LogP contribution in [0.4, 0.5) is 4.79 Å². The van der Waals surface area contributed by atoms with Gasteiger partial charge in [-0.3, -0.25) is 19.3 Å². The number of nitrogens with zero attached hydrogens (tertiary/aromatic N) is 1. The van der Waals surface area contributed by atoms with Gasteiger partial charge in [0, 0.05) is 11.8 Å². The quantitative estimate of drug-likeness (QED) is 0.762. The highest BCUT2D eigenvalue weighted by Gasteiger charge is 2.30. The molecule has 0 radical (unpaired) electrons. The van der Waals surface area contributed by atoms with Crippen molar-refractivity contribution in [3.8, 4) is 11.5 Å². The molecule has 8 heteroatoms. The van der Waals surface area contributed by atoms with Crippen molar-refractivity contribution >= 4 is 34.1 Å². The van der Waals surface area contributed by atoms with Gasteiger partial charge in [-0.15, -0.1) is 0 Å². The van der Waals surface area contributed by atoms with Gasteiger partial charge in [-0.05, 0) is 42.8 Å². The van der Waals surface area contributed by atoms with Crippen molar-refractivity contribution in [1.29, 1.82) is 0 Å². The normalized spacial score (nSPS) is 19.8. The summed E-state index contributed by atoms with van der Waals surface area (Å²) in [5.74, 6) is 1.16. The van der Waals surface area contributed by atoms with Gasteiger partial charge in [-0.1, -0.05) is 24.3 Å². The molecule has 0 saturated carbocycles. The summed E-state index contributed by atoms with van der Waals surface area (Å²) in [6, 6.07) is 14.3. The van der Waals surface area contributed by atoms with Crippen molar-refractivity contribution in [1.82, 2.24) is 10.2 Å². The number of ether oxygens (including phenoxy) is 2. The number of benzene rings is 2. The van der Waals surface area contributed by atoms with E-state index in [0.29, 0.717) is 42.0 Å². The SMILES string of the molecule is CC1Oc2ccccc2C(=O)N1CCOc1ccc(C=C2NC(=O)SC2=O)cc1. The van der Waals surface area contributed by atoms with E-state index in [9.17, 15) is 14.4 Å². The smallest absolute Gasteiger partial charge is 0.291 e. The number of amides is 2. The van der Waals surface area contributed by atoms with Gasteiger partial charge >= 0.3 is 0 Å². The van der Waals surface area contributed by atoms with Crippen LogP contribution in [0.3, 0.4) is 0 Å². The van der Waals surface area contributed by atoms with Gasteiger partial charge in [0.1, 0.15) is 18.1 Å². The lowest BCUT2D eigenvalue weighted by Gasteiger charge is -2.34. The van der Waals surface area contributed by atoms with E-state index in [2.05, 4.69) is 5.32 Å². The Kier molecular flexibility index (Phi) is 5.26. The lowest BCUT2D eigenvalue weighted by Crippen LogP contribution is -2.47. The molecule has 1 N–H and O–H groups in total. The highest BCUT2D eigenvalue weighted by Crippen LogP contribution is 2.27. The maximum Gasteiger partial charge on any atom is 0.291 e. The molecular formula is C21H18N2O5S. The molecule has 1 fully saturated rings. The zero-order chi connectivity index (χ0) is 20.4. The molecule has 2 amide bonds. The Morgan fingerprint density at radius 2 is 1.90 bits per heavy atom. The highest BCUT2D eigenvalue weighted by atomic mass is 32.2. The van der Waals surface area contributed by atoms with Gasteiger partial charge in [0.05, 0.1) is 17.8 Å². The highest BCUT2D eigenvalue weighted by molar-refractivity contribution is 8.27. The van der Waals surface area contributed by atoms with Crippen molar-refractivity contribution in [2.24, 2.45) is 0 Å². The van der Waals surface area contributed by atoms with Crippen molar-refractivity contribution < 1.29 is 23.9 Å². The van der Waals surface area contributed by atoms with E-state index in [4.69, 9.17) is 9.47 Å². The van der Waals surface area contributed by atoms with Crippen LogP contribution < -0.4 is 14.8 Å². The van der Waals surface area contributed by atoms with Gasteiger partial charge in [-0.2, -0.15) is 0 Å². The van der Waals surface area contributed by atoms with E-state index >= 15 is 0 Å². The molecule has 2 aromatic rings. The molecule has 2 aliphatic rings. The van der Waals surface area contributed by atoms with E-state index in [-0.39, 0.29) is 28.2 Å². The molecule has 2 aromatic carbocycles. The minimum Gasteiger partial charge on any atom is -0.492 e. The zero-order valence-corrected chi connectivity index (χ0v) is 16.4. The van der Waals surface area contributed by atoms with Crippen molar-refractivity contribution in [2.75, 3.05) is 13.2 Å². The summed E-state index contributed by atoms with van der Waals surface area (Å²) in [6.45, 7) is 2.53. The lowest BCUT2D eigenvalue weighted by atomic mass is 10.1. The Balaban J connectivity index is 1.34. The first-order chi connectivity index (χ1) is 14.0. The summed E-state index contributed by atoms with van der Waals surface area (Å²) < 4.78 is 11.5. The van der Waals surface area contributed by atoms with Crippen LogP contribution in [0.1, 0.15) is 22.8 Å². The molecule has 4 rings (SSSR count). The number of rotatable bonds is 5. The Bertz CT molecular complexity index is 1000. The van der Waals surface area contributed by atoms with Crippen LogP contribution in [0.25, 0.3) is 6.08 Å². The van der Waals surface area contributed by atoms with Crippen molar-refractivity contribution in [3.63, 3.8) is 0 Å².